The summed E-state index contributed by atoms with van der Waals surface area (Å²) in [6, 6.07) is 8.50. The lowest BCUT2D eigenvalue weighted by atomic mass is 10.0. The van der Waals surface area contributed by atoms with Gasteiger partial charge in [-0.1, -0.05) is 29.8 Å². The molecular formula is C16H26N2O2. The third-order valence-electron chi connectivity index (χ3n) is 3.56. The minimum Gasteiger partial charge on any atom is -0.369 e. The summed E-state index contributed by atoms with van der Waals surface area (Å²) in [6.07, 6.45) is 0. The van der Waals surface area contributed by atoms with Crippen LogP contribution in [0.1, 0.15) is 31.0 Å². The van der Waals surface area contributed by atoms with Crippen molar-refractivity contribution < 1.29 is 9.53 Å². The smallest absolute Gasteiger partial charge is 0.251 e. The van der Waals surface area contributed by atoms with Crippen molar-refractivity contribution in [1.29, 1.82) is 0 Å². The molecule has 0 saturated carbocycles. The van der Waals surface area contributed by atoms with Crippen molar-refractivity contribution in [3.05, 3.63) is 35.4 Å². The molecule has 4 heteroatoms. The maximum absolute atomic E-state index is 12.1. The van der Waals surface area contributed by atoms with Crippen LogP contribution < -0.4 is 5.32 Å². The third kappa shape index (κ3) is 4.32. The highest BCUT2D eigenvalue weighted by molar-refractivity contribution is 5.84. The van der Waals surface area contributed by atoms with E-state index in [-0.39, 0.29) is 11.9 Å². The molecule has 1 aromatic rings. The standard InChI is InChI=1S/C16H26N2O2/c1-12-8-7-9-13(10-12)14(18(4)5)11-17-15(19)16(2,3)20-6/h7-10,14H,11H2,1-6H3,(H,17,19). The van der Waals surface area contributed by atoms with E-state index in [9.17, 15) is 4.79 Å². The molecule has 0 aliphatic rings. The Hall–Kier alpha value is -1.39. The fraction of sp³-hybridized carbons (Fsp3) is 0.562. The number of ether oxygens (including phenoxy) is 1. The van der Waals surface area contributed by atoms with Gasteiger partial charge < -0.3 is 15.0 Å². The summed E-state index contributed by atoms with van der Waals surface area (Å²) in [6.45, 7) is 6.16. The van der Waals surface area contributed by atoms with Crippen molar-refractivity contribution in [2.24, 2.45) is 0 Å². The minimum atomic E-state index is -0.802. The Morgan fingerprint density at radius 1 is 1.40 bits per heavy atom. The van der Waals surface area contributed by atoms with Crippen LogP contribution in [0.3, 0.4) is 0 Å². The summed E-state index contributed by atoms with van der Waals surface area (Å²) in [4.78, 5) is 14.2. The second kappa shape index (κ2) is 6.86. The van der Waals surface area contributed by atoms with Gasteiger partial charge >= 0.3 is 0 Å². The largest absolute Gasteiger partial charge is 0.369 e. The maximum Gasteiger partial charge on any atom is 0.251 e. The van der Waals surface area contributed by atoms with E-state index in [4.69, 9.17) is 4.74 Å². The molecule has 1 atom stereocenters. The summed E-state index contributed by atoms with van der Waals surface area (Å²) >= 11 is 0. The molecule has 0 aliphatic carbocycles. The molecule has 1 rings (SSSR count). The van der Waals surface area contributed by atoms with Crippen molar-refractivity contribution >= 4 is 5.91 Å². The van der Waals surface area contributed by atoms with Crippen LogP contribution in [0.4, 0.5) is 0 Å². The molecule has 0 radical (unpaired) electrons. The average Bonchev–Trinajstić information content (AvgIpc) is 2.38. The first-order chi connectivity index (χ1) is 9.27. The van der Waals surface area contributed by atoms with Crippen LogP contribution in [0.2, 0.25) is 0 Å². The summed E-state index contributed by atoms with van der Waals surface area (Å²) in [5, 5.41) is 2.97. The van der Waals surface area contributed by atoms with Gasteiger partial charge in [0.2, 0.25) is 0 Å². The molecule has 0 aromatic heterocycles. The molecule has 0 bridgehead atoms. The van der Waals surface area contributed by atoms with Gasteiger partial charge in [-0.3, -0.25) is 4.79 Å². The van der Waals surface area contributed by atoms with Gasteiger partial charge in [-0.2, -0.15) is 0 Å². The molecule has 112 valence electrons. The van der Waals surface area contributed by atoms with Gasteiger partial charge in [0.15, 0.2) is 0 Å². The Labute approximate surface area is 122 Å². The summed E-state index contributed by atoms with van der Waals surface area (Å²) < 4.78 is 5.19. The van der Waals surface area contributed by atoms with E-state index in [0.29, 0.717) is 6.54 Å². The van der Waals surface area contributed by atoms with Gasteiger partial charge in [0.1, 0.15) is 5.60 Å². The number of hydrogen-bond acceptors (Lipinski definition) is 3. The molecule has 0 aliphatic heterocycles. The van der Waals surface area contributed by atoms with Crippen LogP contribution >= 0.6 is 0 Å². The molecule has 1 aromatic carbocycles. The Morgan fingerprint density at radius 3 is 2.55 bits per heavy atom. The minimum absolute atomic E-state index is 0.0977. The zero-order chi connectivity index (χ0) is 15.3. The number of aryl methyl sites for hydroxylation is 1. The van der Waals surface area contributed by atoms with Crippen LogP contribution in [0.25, 0.3) is 0 Å². The Balaban J connectivity index is 2.77. The highest BCUT2D eigenvalue weighted by Gasteiger charge is 2.27. The summed E-state index contributed by atoms with van der Waals surface area (Å²) in [5.41, 5.74) is 1.62. The Morgan fingerprint density at radius 2 is 2.05 bits per heavy atom. The van der Waals surface area contributed by atoms with Crippen molar-refractivity contribution in [1.82, 2.24) is 10.2 Å². The quantitative estimate of drug-likeness (QED) is 0.867. The molecule has 0 spiro atoms. The number of rotatable bonds is 6. The highest BCUT2D eigenvalue weighted by Crippen LogP contribution is 2.19. The van der Waals surface area contributed by atoms with E-state index in [1.165, 1.54) is 11.1 Å². The summed E-state index contributed by atoms with van der Waals surface area (Å²) in [7, 11) is 5.57. The van der Waals surface area contributed by atoms with E-state index in [1.54, 1.807) is 21.0 Å². The fourth-order valence-corrected chi connectivity index (χ4v) is 1.97. The van der Waals surface area contributed by atoms with E-state index < -0.39 is 5.60 Å². The van der Waals surface area contributed by atoms with Crippen LogP contribution in [-0.2, 0) is 9.53 Å². The number of benzene rings is 1. The number of likely N-dealkylation sites (N-methyl/N-ethyl adjacent to an activating group) is 1. The molecule has 20 heavy (non-hydrogen) atoms. The van der Waals surface area contributed by atoms with Gasteiger partial charge in [-0.05, 0) is 40.4 Å². The van der Waals surface area contributed by atoms with Crippen molar-refractivity contribution in [3.63, 3.8) is 0 Å². The van der Waals surface area contributed by atoms with Crippen molar-refractivity contribution in [3.8, 4) is 0 Å². The van der Waals surface area contributed by atoms with Gasteiger partial charge in [-0.15, -0.1) is 0 Å². The number of amides is 1. The molecule has 1 amide bonds. The fourth-order valence-electron chi connectivity index (χ4n) is 1.97. The number of hydrogen-bond donors (Lipinski definition) is 1. The lowest BCUT2D eigenvalue weighted by Crippen LogP contribution is -2.46. The third-order valence-corrected chi connectivity index (χ3v) is 3.56. The van der Waals surface area contributed by atoms with Gasteiger partial charge in [0.25, 0.3) is 5.91 Å². The first kappa shape index (κ1) is 16.7. The highest BCUT2D eigenvalue weighted by atomic mass is 16.5. The molecular weight excluding hydrogens is 252 g/mol. The van der Waals surface area contributed by atoms with Crippen molar-refractivity contribution in [2.75, 3.05) is 27.7 Å². The second-order valence-corrected chi connectivity index (χ2v) is 5.82. The zero-order valence-corrected chi connectivity index (χ0v) is 13.4. The predicted molar refractivity (Wildman–Crippen MR) is 81.7 cm³/mol. The monoisotopic (exact) mass is 278 g/mol. The Bertz CT molecular complexity index is 456. The van der Waals surface area contributed by atoms with E-state index in [1.807, 2.05) is 20.2 Å². The number of carbonyl (C=O) groups excluding carboxylic acids is 1. The van der Waals surface area contributed by atoms with E-state index in [0.717, 1.165) is 0 Å². The van der Waals surface area contributed by atoms with Gasteiger partial charge in [0, 0.05) is 13.7 Å². The maximum atomic E-state index is 12.1. The van der Waals surface area contributed by atoms with E-state index >= 15 is 0 Å². The average molecular weight is 278 g/mol. The lowest BCUT2D eigenvalue weighted by Gasteiger charge is -2.28. The van der Waals surface area contributed by atoms with Crippen LogP contribution in [0, 0.1) is 6.92 Å². The first-order valence-electron chi connectivity index (χ1n) is 6.84. The first-order valence-corrected chi connectivity index (χ1v) is 6.84. The van der Waals surface area contributed by atoms with Gasteiger partial charge in [0.05, 0.1) is 6.04 Å². The number of methoxy groups -OCH3 is 1. The van der Waals surface area contributed by atoms with Gasteiger partial charge in [-0.25, -0.2) is 0 Å². The molecule has 1 unspecified atom stereocenters. The Kier molecular flexibility index (Phi) is 5.72. The molecule has 0 saturated heterocycles. The SMILES string of the molecule is COC(C)(C)C(=O)NCC(c1cccc(C)c1)N(C)C. The molecule has 4 nitrogen and oxygen atoms in total. The number of nitrogens with zero attached hydrogens (tertiary/aromatic N) is 1. The number of carbonyl (C=O) groups is 1. The van der Waals surface area contributed by atoms with Crippen LogP contribution in [0.5, 0.6) is 0 Å². The van der Waals surface area contributed by atoms with Crippen molar-refractivity contribution in [2.45, 2.75) is 32.4 Å². The van der Waals surface area contributed by atoms with E-state index in [2.05, 4.69) is 35.3 Å². The summed E-state index contributed by atoms with van der Waals surface area (Å²) in [5.74, 6) is -0.0977. The number of nitrogens with one attached hydrogen (secondary N) is 1. The zero-order valence-electron chi connectivity index (χ0n) is 13.4. The normalized spacial score (nSPS) is 13.3. The molecule has 1 N–H and O–H groups in total. The predicted octanol–water partition coefficient (Wildman–Crippen LogP) is 2.14. The molecule has 0 heterocycles. The lowest BCUT2D eigenvalue weighted by molar-refractivity contribution is -0.139. The van der Waals surface area contributed by atoms with Crippen LogP contribution in [-0.4, -0.2) is 44.2 Å². The van der Waals surface area contributed by atoms with Crippen LogP contribution in [0.15, 0.2) is 24.3 Å². The topological polar surface area (TPSA) is 41.6 Å². The molecule has 0 fully saturated rings. The second-order valence-electron chi connectivity index (χ2n) is 5.82.